The van der Waals surface area contributed by atoms with Gasteiger partial charge in [-0.05, 0) is 77.4 Å². The highest BCUT2D eigenvalue weighted by Crippen LogP contribution is 2.36. The number of aromatic nitrogens is 2. The molecule has 0 spiro atoms. The molecule has 1 atom stereocenters. The normalized spacial score (nSPS) is 15.7. The first kappa shape index (κ1) is 25.0. The van der Waals surface area contributed by atoms with Crippen LogP contribution in [0.15, 0.2) is 66.0 Å². The fourth-order valence-corrected chi connectivity index (χ4v) is 4.19. The maximum Gasteiger partial charge on any atom is 0.338 e. The lowest BCUT2D eigenvalue weighted by Gasteiger charge is -2.28. The third kappa shape index (κ3) is 5.27. The number of aryl methyl sites for hydroxylation is 1. The molecular formula is C28H32N4O4. The average molecular weight is 489 g/mol. The first-order valence-corrected chi connectivity index (χ1v) is 12.1. The molecule has 3 aromatic rings. The van der Waals surface area contributed by atoms with Crippen molar-refractivity contribution in [3.63, 3.8) is 0 Å². The molecule has 0 bridgehead atoms. The zero-order valence-corrected chi connectivity index (χ0v) is 21.5. The summed E-state index contributed by atoms with van der Waals surface area (Å²) in [5.41, 5.74) is 4.78. The van der Waals surface area contributed by atoms with E-state index in [2.05, 4.69) is 10.6 Å². The highest BCUT2D eigenvalue weighted by Gasteiger charge is 2.35. The number of hydrogen-bond acceptors (Lipinski definition) is 5. The molecule has 2 heterocycles. The van der Waals surface area contributed by atoms with Gasteiger partial charge in [0.15, 0.2) is 0 Å². The topological polar surface area (TPSA) is 94.5 Å². The van der Waals surface area contributed by atoms with Crippen molar-refractivity contribution in [3.8, 4) is 22.7 Å². The largest absolute Gasteiger partial charge is 0.491 e. The molecule has 2 aromatic carbocycles. The van der Waals surface area contributed by atoms with Gasteiger partial charge in [0.05, 0.1) is 35.2 Å². The Labute approximate surface area is 211 Å². The molecule has 8 nitrogen and oxygen atoms in total. The lowest BCUT2D eigenvalue weighted by Crippen LogP contribution is -2.45. The Morgan fingerprint density at radius 1 is 1.03 bits per heavy atom. The lowest BCUT2D eigenvalue weighted by molar-refractivity contribution is -0.143. The summed E-state index contributed by atoms with van der Waals surface area (Å²) in [5.74, 6) is 0.306. The molecule has 1 aliphatic heterocycles. The van der Waals surface area contributed by atoms with E-state index in [4.69, 9.17) is 14.6 Å². The quantitative estimate of drug-likeness (QED) is 0.445. The van der Waals surface area contributed by atoms with Gasteiger partial charge in [-0.3, -0.25) is 0 Å². The van der Waals surface area contributed by atoms with Crippen molar-refractivity contribution >= 4 is 12.0 Å². The Kier molecular flexibility index (Phi) is 7.15. The van der Waals surface area contributed by atoms with Gasteiger partial charge in [-0.1, -0.05) is 18.2 Å². The highest BCUT2D eigenvalue weighted by atomic mass is 16.5. The van der Waals surface area contributed by atoms with Crippen LogP contribution in [0.3, 0.4) is 0 Å². The zero-order chi connectivity index (χ0) is 26.0. The van der Waals surface area contributed by atoms with Crippen LogP contribution in [0.5, 0.6) is 5.75 Å². The second-order valence-electron chi connectivity index (χ2n) is 9.38. The number of esters is 1. The van der Waals surface area contributed by atoms with Gasteiger partial charge < -0.3 is 20.1 Å². The monoisotopic (exact) mass is 488 g/mol. The summed E-state index contributed by atoms with van der Waals surface area (Å²) >= 11 is 0. The fraction of sp³-hybridized carbons (Fsp3) is 0.321. The van der Waals surface area contributed by atoms with E-state index >= 15 is 0 Å². The van der Waals surface area contributed by atoms with Crippen LogP contribution < -0.4 is 15.4 Å². The average Bonchev–Trinajstić information content (AvgIpc) is 3.25. The molecule has 8 heteroatoms. The summed E-state index contributed by atoms with van der Waals surface area (Å²) in [6.07, 6.45) is 1.60. The minimum Gasteiger partial charge on any atom is -0.491 e. The number of carbonyl (C=O) groups excluding carboxylic acids is 2. The maximum absolute atomic E-state index is 13.1. The van der Waals surface area contributed by atoms with Crippen LogP contribution in [-0.4, -0.2) is 34.0 Å². The molecule has 0 aliphatic carbocycles. The summed E-state index contributed by atoms with van der Waals surface area (Å²) in [6, 6.07) is 14.4. The van der Waals surface area contributed by atoms with Gasteiger partial charge in [0.2, 0.25) is 0 Å². The molecule has 0 unspecified atom stereocenters. The van der Waals surface area contributed by atoms with Gasteiger partial charge in [-0.15, -0.1) is 0 Å². The number of rotatable bonds is 7. The van der Waals surface area contributed by atoms with Crippen molar-refractivity contribution in [1.82, 2.24) is 20.4 Å². The van der Waals surface area contributed by atoms with Gasteiger partial charge in [0, 0.05) is 23.0 Å². The van der Waals surface area contributed by atoms with Crippen molar-refractivity contribution in [2.45, 2.75) is 59.8 Å². The standard InChI is InChI=1S/C28H32N4O4/c1-16(2)35-23-13-12-20(14-18(23)5)25-22(15-32(31-25)21-10-8-7-9-11-21)26-24(27(33)36-17(3)4)19(6)29-28(34)30-26/h7-17,26H,1-6H3,(H2,29,30,34)/t26-/m0/s1. The number of hydrogen-bond donors (Lipinski definition) is 2. The third-order valence-corrected chi connectivity index (χ3v) is 5.72. The van der Waals surface area contributed by atoms with E-state index < -0.39 is 18.0 Å². The lowest BCUT2D eigenvalue weighted by atomic mass is 9.93. The number of para-hydroxylation sites is 1. The van der Waals surface area contributed by atoms with E-state index in [0.29, 0.717) is 22.5 Å². The molecule has 1 aromatic heterocycles. The number of allylic oxidation sites excluding steroid dienone is 1. The number of nitrogens with one attached hydrogen (secondary N) is 2. The zero-order valence-electron chi connectivity index (χ0n) is 21.5. The Hall–Kier alpha value is -4.07. The number of ether oxygens (including phenoxy) is 2. The van der Waals surface area contributed by atoms with Crippen LogP contribution in [0.1, 0.15) is 51.8 Å². The van der Waals surface area contributed by atoms with Crippen LogP contribution in [-0.2, 0) is 9.53 Å². The summed E-state index contributed by atoms with van der Waals surface area (Å²) < 4.78 is 13.2. The minimum absolute atomic E-state index is 0.0509. The van der Waals surface area contributed by atoms with Gasteiger partial charge in [0.25, 0.3) is 0 Å². The highest BCUT2D eigenvalue weighted by molar-refractivity contribution is 5.95. The van der Waals surface area contributed by atoms with E-state index in [9.17, 15) is 9.59 Å². The maximum atomic E-state index is 13.1. The summed E-state index contributed by atoms with van der Waals surface area (Å²) in [7, 11) is 0. The predicted molar refractivity (Wildman–Crippen MR) is 138 cm³/mol. The van der Waals surface area contributed by atoms with Gasteiger partial charge in [-0.25, -0.2) is 14.3 Å². The summed E-state index contributed by atoms with van der Waals surface area (Å²) in [6.45, 7) is 11.2. The smallest absolute Gasteiger partial charge is 0.338 e. The van der Waals surface area contributed by atoms with Crippen molar-refractivity contribution in [2.75, 3.05) is 0 Å². The first-order valence-electron chi connectivity index (χ1n) is 12.1. The number of benzene rings is 2. The molecule has 1 aliphatic rings. The molecular weight excluding hydrogens is 456 g/mol. The molecule has 0 saturated heterocycles. The third-order valence-electron chi connectivity index (χ3n) is 5.72. The van der Waals surface area contributed by atoms with Crippen molar-refractivity contribution in [2.24, 2.45) is 0 Å². The Morgan fingerprint density at radius 3 is 2.39 bits per heavy atom. The van der Waals surface area contributed by atoms with E-state index in [1.165, 1.54) is 0 Å². The Bertz CT molecular complexity index is 1310. The predicted octanol–water partition coefficient (Wildman–Crippen LogP) is 5.21. The van der Waals surface area contributed by atoms with Crippen LogP contribution in [0.25, 0.3) is 16.9 Å². The summed E-state index contributed by atoms with van der Waals surface area (Å²) in [4.78, 5) is 25.6. The van der Waals surface area contributed by atoms with Gasteiger partial charge in [0.1, 0.15) is 5.75 Å². The van der Waals surface area contributed by atoms with Crippen molar-refractivity contribution in [1.29, 1.82) is 0 Å². The SMILES string of the molecule is CC1=C(C(=O)OC(C)C)[C@H](c2cn(-c3ccccc3)nc2-c2ccc(OC(C)C)c(C)c2)NC(=O)N1. The first-order chi connectivity index (χ1) is 17.1. The van der Waals surface area contributed by atoms with Gasteiger partial charge >= 0.3 is 12.0 Å². The number of urea groups is 1. The van der Waals surface area contributed by atoms with E-state index in [0.717, 1.165) is 22.6 Å². The Morgan fingerprint density at radius 2 is 1.75 bits per heavy atom. The second-order valence-corrected chi connectivity index (χ2v) is 9.38. The minimum atomic E-state index is -0.746. The van der Waals surface area contributed by atoms with E-state index in [-0.39, 0.29) is 12.2 Å². The molecule has 0 radical (unpaired) electrons. The molecule has 4 rings (SSSR count). The number of nitrogens with zero attached hydrogens (tertiary/aromatic N) is 2. The van der Waals surface area contributed by atoms with E-state index in [1.807, 2.05) is 75.5 Å². The van der Waals surface area contributed by atoms with Crippen LogP contribution >= 0.6 is 0 Å². The Balaban J connectivity index is 1.88. The number of carbonyl (C=O) groups is 2. The van der Waals surface area contributed by atoms with Crippen molar-refractivity contribution < 1.29 is 19.1 Å². The van der Waals surface area contributed by atoms with Crippen LogP contribution in [0.4, 0.5) is 4.79 Å². The fourth-order valence-electron chi connectivity index (χ4n) is 4.19. The summed E-state index contributed by atoms with van der Waals surface area (Å²) in [5, 5.41) is 10.5. The number of amides is 2. The van der Waals surface area contributed by atoms with Crippen LogP contribution in [0, 0.1) is 6.92 Å². The van der Waals surface area contributed by atoms with Crippen molar-refractivity contribution in [3.05, 3.63) is 77.1 Å². The van der Waals surface area contributed by atoms with Gasteiger partial charge in [-0.2, -0.15) is 5.10 Å². The molecule has 188 valence electrons. The van der Waals surface area contributed by atoms with E-state index in [1.54, 1.807) is 25.5 Å². The second kappa shape index (κ2) is 10.3. The molecule has 2 amide bonds. The molecule has 0 fully saturated rings. The molecule has 2 N–H and O–H groups in total. The van der Waals surface area contributed by atoms with Crippen LogP contribution in [0.2, 0.25) is 0 Å². The molecule has 0 saturated carbocycles. The molecule has 36 heavy (non-hydrogen) atoms.